The van der Waals surface area contributed by atoms with Gasteiger partial charge in [0.05, 0.1) is 91.9 Å². The summed E-state index contributed by atoms with van der Waals surface area (Å²) in [4.78, 5) is 0. The van der Waals surface area contributed by atoms with Gasteiger partial charge >= 0.3 is 0 Å². The zero-order valence-corrected chi connectivity index (χ0v) is 40.2. The molecule has 13 aromatic rings. The number of fused-ring (bicyclic) bond motifs is 8. The Hall–Kier alpha value is -11.5. The maximum absolute atomic E-state index is 10.0. The van der Waals surface area contributed by atoms with Crippen molar-refractivity contribution in [1.29, 1.82) is 31.6 Å². The molecule has 13 rings (SSSR count). The predicted molar refractivity (Wildman–Crippen MR) is 300 cm³/mol. The standard InChI is InChI=1S/C68H34N8/c69-35-41-1-9-47(10-2-41)49-13-17-51(18-14-49)67-55-23-21-54(76-65-27-7-45(39-73)31-59(65)60-32-46(40-74)8-28-66(60)76)34-62(55)68(52-19-15-50(16-20-52)48-11-3-42(36-70)4-12-48)56-24-22-53(33-61(56)67)75-63-25-5-43(37-71)29-57(63)58-30-44(38-72)6-26-64(58)75/h1-34H. The monoisotopic (exact) mass is 962 g/mol. The fourth-order valence-electron chi connectivity index (χ4n) is 11.1. The van der Waals surface area contributed by atoms with Crippen LogP contribution in [0.4, 0.5) is 0 Å². The van der Waals surface area contributed by atoms with Crippen LogP contribution in [0.2, 0.25) is 0 Å². The molecule has 0 radical (unpaired) electrons. The van der Waals surface area contributed by atoms with E-state index >= 15 is 0 Å². The van der Waals surface area contributed by atoms with Crippen molar-refractivity contribution in [3.8, 4) is 92.3 Å². The molecule has 0 aliphatic heterocycles. The van der Waals surface area contributed by atoms with Gasteiger partial charge in [0, 0.05) is 32.9 Å². The van der Waals surface area contributed by atoms with Gasteiger partial charge in [-0.05, 0) is 187 Å². The Morgan fingerprint density at radius 3 is 0.737 bits per heavy atom. The molecule has 0 spiro atoms. The lowest BCUT2D eigenvalue weighted by molar-refractivity contribution is 1.18. The summed E-state index contributed by atoms with van der Waals surface area (Å²) in [6, 6.07) is 82.0. The molecule has 0 saturated carbocycles. The Kier molecular flexibility index (Phi) is 10.3. The van der Waals surface area contributed by atoms with Gasteiger partial charge in [0.2, 0.25) is 0 Å². The highest BCUT2D eigenvalue weighted by Gasteiger charge is 2.22. The normalized spacial score (nSPS) is 11.1. The molecule has 0 unspecified atom stereocenters. The molecule has 0 aliphatic rings. The van der Waals surface area contributed by atoms with Gasteiger partial charge in [-0.1, -0.05) is 84.9 Å². The van der Waals surface area contributed by atoms with Crippen molar-refractivity contribution in [1.82, 2.24) is 9.13 Å². The third-order valence-corrected chi connectivity index (χ3v) is 14.7. The number of hydrogen-bond acceptors (Lipinski definition) is 6. The number of benzene rings is 11. The number of rotatable bonds is 6. The lowest BCUT2D eigenvalue weighted by Gasteiger charge is -2.21. The molecular formula is C68H34N8. The average molecular weight is 963 g/mol. The summed E-state index contributed by atoms with van der Waals surface area (Å²) >= 11 is 0. The predicted octanol–water partition coefficient (Wildman–Crippen LogP) is 16.1. The highest BCUT2D eigenvalue weighted by molar-refractivity contribution is 6.23. The van der Waals surface area contributed by atoms with Gasteiger partial charge in [0.25, 0.3) is 0 Å². The molecule has 2 heterocycles. The fourth-order valence-corrected chi connectivity index (χ4v) is 11.1. The first-order chi connectivity index (χ1) is 37.4. The average Bonchev–Trinajstić information content (AvgIpc) is 4.06. The van der Waals surface area contributed by atoms with Gasteiger partial charge in [0.15, 0.2) is 0 Å². The van der Waals surface area contributed by atoms with E-state index in [9.17, 15) is 31.6 Å². The molecule has 8 nitrogen and oxygen atoms in total. The summed E-state index contributed by atoms with van der Waals surface area (Å²) < 4.78 is 4.42. The molecule has 11 aromatic carbocycles. The third kappa shape index (κ3) is 7.09. The molecule has 2 aromatic heterocycles. The van der Waals surface area contributed by atoms with Crippen molar-refractivity contribution >= 4 is 65.2 Å². The third-order valence-electron chi connectivity index (χ3n) is 14.7. The van der Waals surface area contributed by atoms with Crippen molar-refractivity contribution < 1.29 is 0 Å². The lowest BCUT2D eigenvalue weighted by Crippen LogP contribution is -1.98. The molecule has 346 valence electrons. The van der Waals surface area contributed by atoms with E-state index in [0.29, 0.717) is 33.4 Å². The summed E-state index contributed by atoms with van der Waals surface area (Å²) in [6.07, 6.45) is 0. The Bertz CT molecular complexity index is 4440. The van der Waals surface area contributed by atoms with E-state index in [4.69, 9.17) is 0 Å². The van der Waals surface area contributed by atoms with Crippen LogP contribution in [0.5, 0.6) is 0 Å². The summed E-state index contributed by atoms with van der Waals surface area (Å²) in [7, 11) is 0. The quantitative estimate of drug-likeness (QED) is 0.151. The van der Waals surface area contributed by atoms with Crippen molar-refractivity contribution in [2.45, 2.75) is 0 Å². The summed E-state index contributed by atoms with van der Waals surface area (Å²) in [5, 5.41) is 66.6. The molecule has 0 atom stereocenters. The van der Waals surface area contributed by atoms with Gasteiger partial charge in [0.1, 0.15) is 0 Å². The summed E-state index contributed by atoms with van der Waals surface area (Å²) in [5.74, 6) is 0. The minimum atomic E-state index is 0.527. The SMILES string of the molecule is N#Cc1ccc(-c2ccc(-c3c4ccc(-n5c6ccc(C#N)cc6c6cc(C#N)ccc65)cc4c(-c4ccc(-c5ccc(C#N)cc5)cc4)c4ccc(-n5c6ccc(C#N)cc6c6cc(C#N)ccc65)cc34)cc2)cc1. The molecular weight excluding hydrogens is 929 g/mol. The Morgan fingerprint density at radius 1 is 0.211 bits per heavy atom. The van der Waals surface area contributed by atoms with E-state index in [1.165, 1.54) is 0 Å². The Balaban J connectivity index is 1.13. The van der Waals surface area contributed by atoms with Crippen LogP contribution in [0, 0.1) is 68.0 Å². The molecule has 0 amide bonds. The number of nitrogens with zero attached hydrogens (tertiary/aromatic N) is 8. The lowest BCUT2D eigenvalue weighted by atomic mass is 9.85. The molecule has 8 heteroatoms. The van der Waals surface area contributed by atoms with Crippen molar-refractivity contribution in [3.63, 3.8) is 0 Å². The van der Waals surface area contributed by atoms with Gasteiger partial charge in [-0.3, -0.25) is 0 Å². The van der Waals surface area contributed by atoms with E-state index in [1.54, 1.807) is 0 Å². The second-order valence-corrected chi connectivity index (χ2v) is 18.8. The van der Waals surface area contributed by atoms with Crippen molar-refractivity contribution in [3.05, 3.63) is 240 Å². The van der Waals surface area contributed by atoms with E-state index in [-0.39, 0.29) is 0 Å². The zero-order chi connectivity index (χ0) is 51.6. The second kappa shape index (κ2) is 17.7. The Labute approximate surface area is 435 Å². The summed E-state index contributed by atoms with van der Waals surface area (Å²) in [6.45, 7) is 0. The smallest absolute Gasteiger partial charge is 0.0991 e. The van der Waals surface area contributed by atoms with Crippen LogP contribution in [0.3, 0.4) is 0 Å². The molecule has 0 fully saturated rings. The maximum Gasteiger partial charge on any atom is 0.0991 e. The second-order valence-electron chi connectivity index (χ2n) is 18.8. The van der Waals surface area contributed by atoms with Crippen LogP contribution >= 0.6 is 0 Å². The number of nitriles is 6. The minimum absolute atomic E-state index is 0.527. The Morgan fingerprint density at radius 2 is 0.461 bits per heavy atom. The first-order valence-electron chi connectivity index (χ1n) is 24.4. The van der Waals surface area contributed by atoms with Gasteiger partial charge in [-0.15, -0.1) is 0 Å². The zero-order valence-electron chi connectivity index (χ0n) is 40.2. The fraction of sp³-hybridized carbons (Fsp3) is 0. The molecule has 0 bridgehead atoms. The van der Waals surface area contributed by atoms with Gasteiger partial charge < -0.3 is 9.13 Å². The van der Waals surface area contributed by atoms with Crippen LogP contribution in [-0.2, 0) is 0 Å². The first-order valence-corrected chi connectivity index (χ1v) is 24.4. The van der Waals surface area contributed by atoms with Crippen molar-refractivity contribution in [2.75, 3.05) is 0 Å². The van der Waals surface area contributed by atoms with Crippen molar-refractivity contribution in [2.24, 2.45) is 0 Å². The van der Waals surface area contributed by atoms with Crippen LogP contribution < -0.4 is 0 Å². The summed E-state index contributed by atoms with van der Waals surface area (Å²) in [5.41, 5.74) is 16.7. The van der Waals surface area contributed by atoms with E-state index < -0.39 is 0 Å². The number of hydrogen-bond donors (Lipinski definition) is 0. The van der Waals surface area contributed by atoms with Crippen LogP contribution in [0.15, 0.2) is 206 Å². The largest absolute Gasteiger partial charge is 0.309 e. The number of aromatic nitrogens is 2. The molecule has 0 aliphatic carbocycles. The highest BCUT2D eigenvalue weighted by atomic mass is 15.0. The molecule has 0 saturated heterocycles. The topological polar surface area (TPSA) is 153 Å². The van der Waals surface area contributed by atoms with E-state index in [2.05, 4.69) is 130 Å². The maximum atomic E-state index is 10.0. The molecule has 0 N–H and O–H groups in total. The highest BCUT2D eigenvalue weighted by Crippen LogP contribution is 2.47. The van der Waals surface area contributed by atoms with Crippen LogP contribution in [0.25, 0.3) is 121 Å². The minimum Gasteiger partial charge on any atom is -0.309 e. The molecule has 76 heavy (non-hydrogen) atoms. The van der Waals surface area contributed by atoms with Crippen LogP contribution in [-0.4, -0.2) is 9.13 Å². The van der Waals surface area contributed by atoms with E-state index in [0.717, 1.165) is 121 Å². The van der Waals surface area contributed by atoms with Gasteiger partial charge in [-0.2, -0.15) is 31.6 Å². The van der Waals surface area contributed by atoms with E-state index in [1.807, 2.05) is 121 Å². The van der Waals surface area contributed by atoms with Crippen LogP contribution in [0.1, 0.15) is 33.4 Å². The first kappa shape index (κ1) is 44.4. The van der Waals surface area contributed by atoms with Gasteiger partial charge in [-0.25, -0.2) is 0 Å².